The molecule has 0 aliphatic rings. The largest absolute Gasteiger partial charge is 0.366 e. The molecule has 1 aromatic heterocycles. The summed E-state index contributed by atoms with van der Waals surface area (Å²) in [5.74, 6) is -0.531. The summed E-state index contributed by atoms with van der Waals surface area (Å²) in [7, 11) is 0. The Morgan fingerprint density at radius 1 is 1.11 bits per heavy atom. The number of pyridine rings is 1. The van der Waals surface area contributed by atoms with Crippen molar-refractivity contribution in [1.82, 2.24) is 4.57 Å². The Hall–Kier alpha value is -2.36. The maximum Gasteiger partial charge on any atom is 0.255 e. The number of aromatic nitrogens is 1. The first kappa shape index (κ1) is 13.1. The highest BCUT2D eigenvalue weighted by Crippen LogP contribution is 2.17. The number of nitrogens with zero attached hydrogens (tertiary/aromatic N) is 1. The van der Waals surface area contributed by atoms with E-state index < -0.39 is 5.91 Å². The number of nitrogens with two attached hydrogens (primary N) is 1. The van der Waals surface area contributed by atoms with Gasteiger partial charge in [-0.1, -0.05) is 17.7 Å². The van der Waals surface area contributed by atoms with E-state index in [9.17, 15) is 9.59 Å². The summed E-state index contributed by atoms with van der Waals surface area (Å²) < 4.78 is 1.52. The summed E-state index contributed by atoms with van der Waals surface area (Å²) in [4.78, 5) is 23.4. The van der Waals surface area contributed by atoms with Crippen LogP contribution in [0.5, 0.6) is 0 Å². The molecular weight excluding hydrogens is 240 g/mol. The molecule has 0 unspecified atom stereocenters. The molecule has 98 valence electrons. The van der Waals surface area contributed by atoms with Crippen molar-refractivity contribution in [3.63, 3.8) is 0 Å². The maximum absolute atomic E-state index is 12.1. The monoisotopic (exact) mass is 256 g/mol. The number of benzene rings is 1. The molecule has 2 aromatic rings. The van der Waals surface area contributed by atoms with Crippen LogP contribution in [0.1, 0.15) is 27.2 Å². The number of primary amides is 1. The van der Waals surface area contributed by atoms with E-state index in [4.69, 9.17) is 5.73 Å². The maximum atomic E-state index is 12.1. The Bertz CT molecular complexity index is 715. The predicted octanol–water partition coefficient (Wildman–Crippen LogP) is 1.86. The molecule has 0 saturated heterocycles. The lowest BCUT2D eigenvalue weighted by molar-refractivity contribution is 0.0999. The molecule has 0 atom stereocenters. The van der Waals surface area contributed by atoms with Crippen molar-refractivity contribution in [2.45, 2.75) is 20.8 Å². The molecular formula is C15H16N2O2. The zero-order chi connectivity index (χ0) is 14.2. The van der Waals surface area contributed by atoms with Gasteiger partial charge in [0.15, 0.2) is 0 Å². The first-order valence-corrected chi connectivity index (χ1v) is 6.02. The van der Waals surface area contributed by atoms with Crippen LogP contribution in [0.4, 0.5) is 0 Å². The second kappa shape index (κ2) is 4.72. The van der Waals surface area contributed by atoms with Crippen LogP contribution in [-0.4, -0.2) is 10.5 Å². The molecule has 0 saturated carbocycles. The number of amides is 1. The summed E-state index contributed by atoms with van der Waals surface area (Å²) >= 11 is 0. The van der Waals surface area contributed by atoms with Crippen LogP contribution in [0.25, 0.3) is 5.69 Å². The Labute approximate surface area is 111 Å². The second-order valence-corrected chi connectivity index (χ2v) is 4.66. The minimum Gasteiger partial charge on any atom is -0.366 e. The molecule has 0 radical (unpaired) electrons. The van der Waals surface area contributed by atoms with Gasteiger partial charge in [-0.05, 0) is 38.5 Å². The standard InChI is InChI=1S/C15H16N2O2/c1-9-4-6-13(10(2)8-9)17-11(3)12(15(16)19)5-7-14(17)18/h4-8H,1-3H3,(H2,16,19). The molecule has 2 rings (SSSR count). The minimum absolute atomic E-state index is 0.172. The fourth-order valence-corrected chi connectivity index (χ4v) is 2.25. The van der Waals surface area contributed by atoms with Gasteiger partial charge in [0.2, 0.25) is 5.91 Å². The van der Waals surface area contributed by atoms with Gasteiger partial charge in [0.25, 0.3) is 5.56 Å². The number of hydrogen-bond donors (Lipinski definition) is 1. The predicted molar refractivity (Wildman–Crippen MR) is 74.8 cm³/mol. The average Bonchev–Trinajstić information content (AvgIpc) is 2.31. The van der Waals surface area contributed by atoms with Gasteiger partial charge < -0.3 is 5.73 Å². The van der Waals surface area contributed by atoms with Crippen molar-refractivity contribution in [2.24, 2.45) is 5.73 Å². The van der Waals surface area contributed by atoms with Crippen LogP contribution in [-0.2, 0) is 0 Å². The number of aryl methyl sites for hydroxylation is 2. The quantitative estimate of drug-likeness (QED) is 0.891. The molecule has 0 bridgehead atoms. The van der Waals surface area contributed by atoms with Gasteiger partial charge in [0.1, 0.15) is 0 Å². The first-order chi connectivity index (χ1) is 8.91. The average molecular weight is 256 g/mol. The lowest BCUT2D eigenvalue weighted by Gasteiger charge is -2.15. The molecule has 0 fully saturated rings. The van der Waals surface area contributed by atoms with Gasteiger partial charge in [0.05, 0.1) is 11.3 Å². The van der Waals surface area contributed by atoms with E-state index in [-0.39, 0.29) is 5.56 Å². The van der Waals surface area contributed by atoms with Crippen molar-refractivity contribution >= 4 is 5.91 Å². The van der Waals surface area contributed by atoms with Gasteiger partial charge in [0, 0.05) is 11.8 Å². The number of carbonyl (C=O) groups is 1. The smallest absolute Gasteiger partial charge is 0.255 e. The molecule has 19 heavy (non-hydrogen) atoms. The van der Waals surface area contributed by atoms with E-state index in [1.807, 2.05) is 32.0 Å². The van der Waals surface area contributed by atoms with Crippen LogP contribution >= 0.6 is 0 Å². The van der Waals surface area contributed by atoms with Crippen LogP contribution in [0, 0.1) is 20.8 Å². The zero-order valence-electron chi connectivity index (χ0n) is 11.2. The van der Waals surface area contributed by atoms with E-state index in [1.165, 1.54) is 16.7 Å². The van der Waals surface area contributed by atoms with Gasteiger partial charge in [-0.15, -0.1) is 0 Å². The van der Waals surface area contributed by atoms with E-state index in [0.717, 1.165) is 16.8 Å². The van der Waals surface area contributed by atoms with Crippen molar-refractivity contribution in [3.8, 4) is 5.69 Å². The lowest BCUT2D eigenvalue weighted by Crippen LogP contribution is -2.25. The Kier molecular flexibility index (Phi) is 3.25. The SMILES string of the molecule is Cc1ccc(-n2c(C)c(C(N)=O)ccc2=O)c(C)c1. The van der Waals surface area contributed by atoms with Crippen molar-refractivity contribution in [2.75, 3.05) is 0 Å². The summed E-state index contributed by atoms with van der Waals surface area (Å²) in [6.45, 7) is 5.65. The first-order valence-electron chi connectivity index (χ1n) is 6.02. The van der Waals surface area contributed by atoms with Crippen LogP contribution in [0.15, 0.2) is 35.1 Å². The van der Waals surface area contributed by atoms with E-state index in [1.54, 1.807) is 6.92 Å². The third kappa shape index (κ3) is 2.29. The molecule has 2 N–H and O–H groups in total. The number of hydrogen-bond acceptors (Lipinski definition) is 2. The number of rotatable bonds is 2. The van der Waals surface area contributed by atoms with Gasteiger partial charge in [-0.25, -0.2) is 0 Å². The van der Waals surface area contributed by atoms with Crippen molar-refractivity contribution < 1.29 is 4.79 Å². The molecule has 1 aromatic carbocycles. The van der Waals surface area contributed by atoms with Gasteiger partial charge in [-0.3, -0.25) is 14.2 Å². The third-order valence-electron chi connectivity index (χ3n) is 3.20. The highest BCUT2D eigenvalue weighted by atomic mass is 16.1. The molecule has 4 nitrogen and oxygen atoms in total. The lowest BCUT2D eigenvalue weighted by atomic mass is 10.1. The number of carbonyl (C=O) groups excluding carboxylic acids is 1. The second-order valence-electron chi connectivity index (χ2n) is 4.66. The topological polar surface area (TPSA) is 65.1 Å². The Morgan fingerprint density at radius 2 is 1.79 bits per heavy atom. The molecule has 0 aliphatic heterocycles. The van der Waals surface area contributed by atoms with E-state index >= 15 is 0 Å². The summed E-state index contributed by atoms with van der Waals surface area (Å²) in [5.41, 5.74) is 8.95. The summed E-state index contributed by atoms with van der Waals surface area (Å²) in [5, 5.41) is 0. The molecule has 1 amide bonds. The zero-order valence-corrected chi connectivity index (χ0v) is 11.2. The fourth-order valence-electron chi connectivity index (χ4n) is 2.25. The normalized spacial score (nSPS) is 10.5. The minimum atomic E-state index is -0.531. The highest BCUT2D eigenvalue weighted by molar-refractivity contribution is 5.93. The van der Waals surface area contributed by atoms with Crippen LogP contribution in [0.2, 0.25) is 0 Å². The van der Waals surface area contributed by atoms with Crippen LogP contribution < -0.4 is 11.3 Å². The molecule has 0 aliphatic carbocycles. The Morgan fingerprint density at radius 3 is 2.37 bits per heavy atom. The van der Waals surface area contributed by atoms with Crippen molar-refractivity contribution in [1.29, 1.82) is 0 Å². The molecule has 1 heterocycles. The van der Waals surface area contributed by atoms with E-state index in [0.29, 0.717) is 11.3 Å². The third-order valence-corrected chi connectivity index (χ3v) is 3.20. The van der Waals surface area contributed by atoms with Gasteiger partial charge in [-0.2, -0.15) is 0 Å². The van der Waals surface area contributed by atoms with Gasteiger partial charge >= 0.3 is 0 Å². The van der Waals surface area contributed by atoms with Crippen molar-refractivity contribution in [3.05, 3.63) is 63.1 Å². The summed E-state index contributed by atoms with van der Waals surface area (Å²) in [6.07, 6.45) is 0. The Balaban J connectivity index is 2.78. The molecule has 0 spiro atoms. The van der Waals surface area contributed by atoms with E-state index in [2.05, 4.69) is 0 Å². The fraction of sp³-hybridized carbons (Fsp3) is 0.200. The molecule has 4 heteroatoms. The summed E-state index contributed by atoms with van der Waals surface area (Å²) in [6, 6.07) is 8.65. The highest BCUT2D eigenvalue weighted by Gasteiger charge is 2.12. The van der Waals surface area contributed by atoms with Crippen LogP contribution in [0.3, 0.4) is 0 Å².